The van der Waals surface area contributed by atoms with Crippen molar-refractivity contribution in [3.05, 3.63) is 24.2 Å². The van der Waals surface area contributed by atoms with Gasteiger partial charge < -0.3 is 19.0 Å². The molecule has 2 spiro atoms. The van der Waals surface area contributed by atoms with Crippen LogP contribution in [-0.4, -0.2) is 29.8 Å². The molecule has 1 aromatic heterocycles. The number of carbonyl (C=O) groups is 2. The van der Waals surface area contributed by atoms with Gasteiger partial charge >= 0.3 is 11.9 Å². The summed E-state index contributed by atoms with van der Waals surface area (Å²) < 4.78 is 16.4. The van der Waals surface area contributed by atoms with E-state index in [4.69, 9.17) is 13.9 Å². The Balaban J connectivity index is 1.60. The van der Waals surface area contributed by atoms with Crippen molar-refractivity contribution < 1.29 is 28.6 Å². The molecule has 1 N–H and O–H groups in total. The van der Waals surface area contributed by atoms with Crippen molar-refractivity contribution in [2.24, 2.45) is 28.6 Å². The minimum absolute atomic E-state index is 0.00743. The van der Waals surface area contributed by atoms with Gasteiger partial charge in [-0.1, -0.05) is 13.3 Å². The van der Waals surface area contributed by atoms with Gasteiger partial charge in [-0.2, -0.15) is 0 Å². The molecule has 2 saturated carbocycles. The van der Waals surface area contributed by atoms with Crippen LogP contribution >= 0.6 is 0 Å². The number of aliphatic hydroxyl groups excluding tert-OH is 1. The van der Waals surface area contributed by atoms with E-state index in [0.717, 1.165) is 24.8 Å². The molecule has 0 amide bonds. The predicted molar refractivity (Wildman–Crippen MR) is 88.6 cm³/mol. The second kappa shape index (κ2) is 5.35. The smallest absolute Gasteiger partial charge is 0.313 e. The molecule has 0 bridgehead atoms. The molecule has 1 aromatic rings. The van der Waals surface area contributed by atoms with Crippen molar-refractivity contribution in [1.29, 1.82) is 0 Å². The minimum atomic E-state index is -0.673. The zero-order valence-corrected chi connectivity index (χ0v) is 14.8. The number of esters is 2. The van der Waals surface area contributed by atoms with E-state index in [2.05, 4.69) is 0 Å². The third kappa shape index (κ3) is 1.81. The summed E-state index contributed by atoms with van der Waals surface area (Å²) in [6.45, 7) is 2.26. The molecule has 2 aliphatic carbocycles. The lowest BCUT2D eigenvalue weighted by atomic mass is 9.43. The Morgan fingerprint density at radius 3 is 2.88 bits per heavy atom. The van der Waals surface area contributed by atoms with E-state index < -0.39 is 16.9 Å². The van der Waals surface area contributed by atoms with Crippen LogP contribution in [0.15, 0.2) is 23.0 Å². The van der Waals surface area contributed by atoms with Gasteiger partial charge in [-0.15, -0.1) is 0 Å². The van der Waals surface area contributed by atoms with Gasteiger partial charge in [0.05, 0.1) is 30.0 Å². The first-order valence-corrected chi connectivity index (χ1v) is 9.58. The fraction of sp³-hybridized carbons (Fsp3) is 0.700. The van der Waals surface area contributed by atoms with Crippen molar-refractivity contribution >= 4 is 11.9 Å². The highest BCUT2D eigenvalue weighted by Crippen LogP contribution is 2.68. The first-order valence-electron chi connectivity index (χ1n) is 9.58. The van der Waals surface area contributed by atoms with Crippen molar-refractivity contribution in [3.8, 4) is 0 Å². The van der Waals surface area contributed by atoms with Gasteiger partial charge in [-0.3, -0.25) is 9.59 Å². The molecule has 2 aliphatic heterocycles. The monoisotopic (exact) mass is 360 g/mol. The van der Waals surface area contributed by atoms with Crippen LogP contribution in [0, 0.1) is 28.6 Å². The quantitative estimate of drug-likeness (QED) is 0.775. The highest BCUT2D eigenvalue weighted by Gasteiger charge is 2.72. The molecule has 2 saturated heterocycles. The zero-order valence-electron chi connectivity index (χ0n) is 14.8. The van der Waals surface area contributed by atoms with Crippen molar-refractivity contribution in [3.63, 3.8) is 0 Å². The van der Waals surface area contributed by atoms with Crippen molar-refractivity contribution in [2.45, 2.75) is 51.2 Å². The Kier molecular flexibility index (Phi) is 3.36. The maximum absolute atomic E-state index is 13.2. The number of hydrogen-bond acceptors (Lipinski definition) is 6. The van der Waals surface area contributed by atoms with E-state index in [9.17, 15) is 14.7 Å². The van der Waals surface area contributed by atoms with Crippen LogP contribution in [0.5, 0.6) is 0 Å². The van der Waals surface area contributed by atoms with Crippen LogP contribution in [0.3, 0.4) is 0 Å². The van der Waals surface area contributed by atoms with Gasteiger partial charge in [0, 0.05) is 17.4 Å². The van der Waals surface area contributed by atoms with Gasteiger partial charge in [-0.25, -0.2) is 0 Å². The molecule has 26 heavy (non-hydrogen) atoms. The number of ether oxygens (including phenoxy) is 2. The van der Waals surface area contributed by atoms with E-state index in [1.165, 1.54) is 0 Å². The Labute approximate surface area is 151 Å². The molecule has 6 heteroatoms. The second-order valence-corrected chi connectivity index (χ2v) is 8.60. The summed E-state index contributed by atoms with van der Waals surface area (Å²) in [7, 11) is 0. The first-order chi connectivity index (χ1) is 12.5. The van der Waals surface area contributed by atoms with Crippen molar-refractivity contribution in [2.75, 3.05) is 6.61 Å². The number of rotatable bonds is 1. The molecule has 0 aromatic carbocycles. The molecule has 5 rings (SSSR count). The van der Waals surface area contributed by atoms with Gasteiger partial charge in [0.25, 0.3) is 0 Å². The van der Waals surface area contributed by atoms with E-state index in [0.29, 0.717) is 12.8 Å². The van der Waals surface area contributed by atoms with Crippen LogP contribution in [0.2, 0.25) is 0 Å². The summed E-state index contributed by atoms with van der Waals surface area (Å²) in [6.07, 6.45) is 5.77. The number of hydrogen-bond donors (Lipinski definition) is 1. The van der Waals surface area contributed by atoms with Crippen molar-refractivity contribution in [1.82, 2.24) is 0 Å². The summed E-state index contributed by atoms with van der Waals surface area (Å²) >= 11 is 0. The topological polar surface area (TPSA) is 86.0 Å². The summed E-state index contributed by atoms with van der Waals surface area (Å²) in [4.78, 5) is 25.6. The summed E-state index contributed by atoms with van der Waals surface area (Å²) in [5.41, 5.74) is -0.450. The highest BCUT2D eigenvalue weighted by atomic mass is 16.6. The van der Waals surface area contributed by atoms with Gasteiger partial charge in [0.2, 0.25) is 0 Å². The maximum Gasteiger partial charge on any atom is 0.313 e. The predicted octanol–water partition coefficient (Wildman–Crippen LogP) is 2.61. The molecule has 7 atom stereocenters. The number of carbonyl (C=O) groups excluding carboxylic acids is 2. The van der Waals surface area contributed by atoms with Crippen LogP contribution in [-0.2, 0) is 19.1 Å². The Hall–Kier alpha value is -1.82. The van der Waals surface area contributed by atoms with E-state index >= 15 is 0 Å². The van der Waals surface area contributed by atoms with Gasteiger partial charge in [0.1, 0.15) is 12.7 Å². The van der Waals surface area contributed by atoms with Crippen LogP contribution in [0.1, 0.15) is 50.7 Å². The second-order valence-electron chi connectivity index (χ2n) is 8.60. The molecule has 3 heterocycles. The average molecular weight is 360 g/mol. The molecular formula is C20H24O6. The maximum atomic E-state index is 13.2. The third-order valence-electron chi connectivity index (χ3n) is 7.80. The first kappa shape index (κ1) is 16.4. The molecule has 4 aliphatic rings. The fourth-order valence-electron chi connectivity index (χ4n) is 6.55. The van der Waals surface area contributed by atoms with Gasteiger partial charge in [0.15, 0.2) is 0 Å². The highest BCUT2D eigenvalue weighted by molar-refractivity contribution is 5.82. The molecule has 140 valence electrons. The minimum Gasteiger partial charge on any atom is -0.472 e. The lowest BCUT2D eigenvalue weighted by Crippen LogP contribution is -2.63. The summed E-state index contributed by atoms with van der Waals surface area (Å²) in [5.74, 6) is -0.805. The van der Waals surface area contributed by atoms with Crippen LogP contribution in [0.25, 0.3) is 0 Å². The lowest BCUT2D eigenvalue weighted by Gasteiger charge is -2.58. The zero-order chi connectivity index (χ0) is 18.1. The fourth-order valence-corrected chi connectivity index (χ4v) is 6.55. The average Bonchev–Trinajstić information content (AvgIpc) is 3.33. The molecule has 0 radical (unpaired) electrons. The Morgan fingerprint density at radius 2 is 2.12 bits per heavy atom. The number of cyclic esters (lactones) is 2. The number of furan rings is 1. The van der Waals surface area contributed by atoms with E-state index in [1.807, 2.05) is 13.0 Å². The lowest BCUT2D eigenvalue weighted by molar-refractivity contribution is -0.191. The Bertz CT molecular complexity index is 741. The van der Waals surface area contributed by atoms with E-state index in [-0.39, 0.29) is 42.4 Å². The molecule has 6 nitrogen and oxygen atoms in total. The third-order valence-corrected chi connectivity index (χ3v) is 7.80. The molecular weight excluding hydrogens is 336 g/mol. The summed E-state index contributed by atoms with van der Waals surface area (Å²) in [5, 5.41) is 11.0. The number of fused-ring (bicyclic) bond motifs is 1. The summed E-state index contributed by atoms with van der Waals surface area (Å²) in [6, 6.07) is 1.83. The largest absolute Gasteiger partial charge is 0.472 e. The molecule has 0 unspecified atom stereocenters. The number of aliphatic hydroxyl groups is 1. The SMILES string of the molecule is C[C@@H]1C[C@H](O)[C@@]23COC(=O)[C@H]2CCC[C@@H]3[C@@]12C[C@@H](c1ccoc1)OC2=O. The van der Waals surface area contributed by atoms with Crippen LogP contribution in [0.4, 0.5) is 0 Å². The Morgan fingerprint density at radius 1 is 1.27 bits per heavy atom. The van der Waals surface area contributed by atoms with Gasteiger partial charge in [-0.05, 0) is 37.2 Å². The van der Waals surface area contributed by atoms with Crippen LogP contribution < -0.4 is 0 Å². The standard InChI is InChI=1S/C20H24O6/c1-11-7-16(21)20-10-25-17(22)13(20)3-2-4-15(20)19(11)8-14(26-18(19)23)12-5-6-24-9-12/h5-6,9,11,13-16,21H,2-4,7-8,10H2,1H3/t11-,13-,14+,15-,16+,19-,20+/m1/s1. The molecule has 4 fully saturated rings. The normalized spacial score (nSPS) is 47.4. The van der Waals surface area contributed by atoms with E-state index in [1.54, 1.807) is 12.5 Å².